The average molecular weight is 250 g/mol. The van der Waals surface area contributed by atoms with E-state index in [0.717, 1.165) is 11.2 Å². The SMILES string of the molecule is CC.CC.c1ccc2c(c1)CC1CCSC1C2. The third-order valence-corrected chi connectivity index (χ3v) is 4.82. The fourth-order valence-corrected chi connectivity index (χ4v) is 4.15. The monoisotopic (exact) mass is 250 g/mol. The van der Waals surface area contributed by atoms with Gasteiger partial charge in [0.25, 0.3) is 0 Å². The third kappa shape index (κ3) is 3.51. The summed E-state index contributed by atoms with van der Waals surface area (Å²) in [6, 6.07) is 8.99. The zero-order chi connectivity index (χ0) is 12.7. The Morgan fingerprint density at radius 3 is 2.18 bits per heavy atom. The van der Waals surface area contributed by atoms with Crippen LogP contribution in [0.3, 0.4) is 0 Å². The lowest BCUT2D eigenvalue weighted by molar-refractivity contribution is 0.483. The maximum absolute atomic E-state index is 2.31. The normalized spacial score (nSPS) is 24.5. The first-order valence-electron chi connectivity index (χ1n) is 7.12. The molecule has 0 radical (unpaired) electrons. The first-order valence-corrected chi connectivity index (χ1v) is 8.17. The fraction of sp³-hybridized carbons (Fsp3) is 0.625. The quantitative estimate of drug-likeness (QED) is 0.627. The van der Waals surface area contributed by atoms with Gasteiger partial charge in [0, 0.05) is 5.25 Å². The number of benzene rings is 1. The van der Waals surface area contributed by atoms with Crippen molar-refractivity contribution >= 4 is 11.8 Å². The van der Waals surface area contributed by atoms with Crippen LogP contribution in [0.1, 0.15) is 45.2 Å². The molecule has 1 aliphatic heterocycles. The van der Waals surface area contributed by atoms with Gasteiger partial charge in [0.05, 0.1) is 0 Å². The van der Waals surface area contributed by atoms with Crippen LogP contribution in [0.5, 0.6) is 0 Å². The lowest BCUT2D eigenvalue weighted by Gasteiger charge is -2.26. The van der Waals surface area contributed by atoms with Crippen molar-refractivity contribution in [2.75, 3.05) is 5.75 Å². The molecule has 0 aromatic heterocycles. The zero-order valence-electron chi connectivity index (χ0n) is 11.7. The van der Waals surface area contributed by atoms with Gasteiger partial charge in [0.1, 0.15) is 0 Å². The van der Waals surface area contributed by atoms with Crippen LogP contribution in [0.25, 0.3) is 0 Å². The van der Waals surface area contributed by atoms with Crippen LogP contribution < -0.4 is 0 Å². The van der Waals surface area contributed by atoms with Crippen LogP contribution in [-0.4, -0.2) is 11.0 Å². The van der Waals surface area contributed by atoms with E-state index in [2.05, 4.69) is 36.0 Å². The van der Waals surface area contributed by atoms with E-state index in [1.807, 2.05) is 27.7 Å². The maximum atomic E-state index is 2.31. The van der Waals surface area contributed by atoms with Crippen LogP contribution >= 0.6 is 11.8 Å². The van der Waals surface area contributed by atoms with Crippen LogP contribution in [-0.2, 0) is 12.8 Å². The van der Waals surface area contributed by atoms with E-state index >= 15 is 0 Å². The molecule has 1 fully saturated rings. The predicted octanol–water partition coefficient (Wildman–Crippen LogP) is 4.96. The molecule has 17 heavy (non-hydrogen) atoms. The van der Waals surface area contributed by atoms with Crippen LogP contribution in [0.4, 0.5) is 0 Å². The Morgan fingerprint density at radius 2 is 1.53 bits per heavy atom. The molecule has 2 aliphatic rings. The lowest BCUT2D eigenvalue weighted by atomic mass is 9.82. The topological polar surface area (TPSA) is 0 Å². The van der Waals surface area contributed by atoms with E-state index in [1.54, 1.807) is 11.1 Å². The highest BCUT2D eigenvalue weighted by molar-refractivity contribution is 8.00. The summed E-state index contributed by atoms with van der Waals surface area (Å²) < 4.78 is 0. The van der Waals surface area contributed by atoms with Gasteiger partial charge in [-0.05, 0) is 42.1 Å². The van der Waals surface area contributed by atoms with Crippen molar-refractivity contribution < 1.29 is 0 Å². The second kappa shape index (κ2) is 7.81. The molecule has 1 aliphatic carbocycles. The molecular formula is C16H26S. The Kier molecular flexibility index (Phi) is 6.72. The largest absolute Gasteiger partial charge is 0.158 e. The fourth-order valence-electron chi connectivity index (χ4n) is 2.61. The summed E-state index contributed by atoms with van der Waals surface area (Å²) in [4.78, 5) is 0. The highest BCUT2D eigenvalue weighted by atomic mass is 32.2. The van der Waals surface area contributed by atoms with Gasteiger partial charge in [-0.3, -0.25) is 0 Å². The summed E-state index contributed by atoms with van der Waals surface area (Å²) in [6.07, 6.45) is 4.11. The van der Waals surface area contributed by atoms with Gasteiger partial charge in [-0.2, -0.15) is 11.8 Å². The molecule has 0 nitrogen and oxygen atoms in total. The van der Waals surface area contributed by atoms with Crippen molar-refractivity contribution in [3.63, 3.8) is 0 Å². The second-order valence-electron chi connectivity index (χ2n) is 4.13. The first kappa shape index (κ1) is 14.6. The smallest absolute Gasteiger partial charge is 0.0119 e. The Hall–Kier alpha value is -0.430. The predicted molar refractivity (Wildman–Crippen MR) is 80.9 cm³/mol. The molecule has 1 heteroatoms. The van der Waals surface area contributed by atoms with Crippen LogP contribution in [0.2, 0.25) is 0 Å². The van der Waals surface area contributed by atoms with Crippen LogP contribution in [0, 0.1) is 5.92 Å². The molecule has 0 amide bonds. The van der Waals surface area contributed by atoms with E-state index in [0.29, 0.717) is 0 Å². The number of rotatable bonds is 0. The van der Waals surface area contributed by atoms with Crippen molar-refractivity contribution in [3.05, 3.63) is 35.4 Å². The van der Waals surface area contributed by atoms with E-state index in [9.17, 15) is 0 Å². The molecule has 2 unspecified atom stereocenters. The molecule has 0 N–H and O–H groups in total. The minimum atomic E-state index is 0.940. The molecule has 1 aromatic rings. The Morgan fingerprint density at radius 1 is 0.941 bits per heavy atom. The number of hydrogen-bond donors (Lipinski definition) is 0. The van der Waals surface area contributed by atoms with Gasteiger partial charge >= 0.3 is 0 Å². The van der Waals surface area contributed by atoms with Gasteiger partial charge in [0.15, 0.2) is 0 Å². The highest BCUT2D eigenvalue weighted by Crippen LogP contribution is 2.40. The molecule has 1 saturated heterocycles. The van der Waals surface area contributed by atoms with Crippen molar-refractivity contribution in [2.45, 2.75) is 52.2 Å². The average Bonchev–Trinajstić information content (AvgIpc) is 2.88. The molecule has 0 spiro atoms. The highest BCUT2D eigenvalue weighted by Gasteiger charge is 2.32. The summed E-state index contributed by atoms with van der Waals surface area (Å²) in [5.74, 6) is 2.38. The van der Waals surface area contributed by atoms with E-state index in [4.69, 9.17) is 0 Å². The van der Waals surface area contributed by atoms with Crippen molar-refractivity contribution in [3.8, 4) is 0 Å². The molecule has 1 heterocycles. The van der Waals surface area contributed by atoms with E-state index < -0.39 is 0 Å². The van der Waals surface area contributed by atoms with Gasteiger partial charge in [-0.15, -0.1) is 0 Å². The summed E-state index contributed by atoms with van der Waals surface area (Å²) >= 11 is 2.19. The maximum Gasteiger partial charge on any atom is 0.0119 e. The van der Waals surface area contributed by atoms with E-state index in [1.165, 1.54) is 25.0 Å². The van der Waals surface area contributed by atoms with E-state index in [-0.39, 0.29) is 0 Å². The molecule has 3 rings (SSSR count). The summed E-state index contributed by atoms with van der Waals surface area (Å²) in [5.41, 5.74) is 3.23. The van der Waals surface area contributed by atoms with Gasteiger partial charge < -0.3 is 0 Å². The minimum Gasteiger partial charge on any atom is -0.158 e. The number of thioether (sulfide) groups is 1. The van der Waals surface area contributed by atoms with Crippen molar-refractivity contribution in [2.24, 2.45) is 5.92 Å². The first-order chi connectivity index (χ1) is 8.43. The zero-order valence-corrected chi connectivity index (χ0v) is 12.5. The van der Waals surface area contributed by atoms with Crippen molar-refractivity contribution in [1.82, 2.24) is 0 Å². The molecule has 0 bridgehead atoms. The van der Waals surface area contributed by atoms with Crippen molar-refractivity contribution in [1.29, 1.82) is 0 Å². The molecule has 1 aromatic carbocycles. The molecule has 2 atom stereocenters. The van der Waals surface area contributed by atoms with Crippen LogP contribution in [0.15, 0.2) is 24.3 Å². The summed E-state index contributed by atoms with van der Waals surface area (Å²) in [6.45, 7) is 8.00. The number of hydrogen-bond acceptors (Lipinski definition) is 1. The summed E-state index contributed by atoms with van der Waals surface area (Å²) in [5, 5.41) is 0.940. The van der Waals surface area contributed by atoms with Gasteiger partial charge in [-0.25, -0.2) is 0 Å². The van der Waals surface area contributed by atoms with Gasteiger partial charge in [-0.1, -0.05) is 52.0 Å². The Bertz CT molecular complexity index is 288. The minimum absolute atomic E-state index is 0.940. The standard InChI is InChI=1S/C12H14S.2C2H6/c1-2-4-10-8-12-11(5-6-13-12)7-9(10)3-1;2*1-2/h1-4,11-12H,5-8H2;2*1-2H3. The Balaban J connectivity index is 0.000000330. The Labute approximate surface area is 111 Å². The second-order valence-corrected chi connectivity index (χ2v) is 5.48. The van der Waals surface area contributed by atoms with Gasteiger partial charge in [0.2, 0.25) is 0 Å². The molecular weight excluding hydrogens is 224 g/mol. The third-order valence-electron chi connectivity index (χ3n) is 3.37. The summed E-state index contributed by atoms with van der Waals surface area (Å²) in [7, 11) is 0. The molecule has 0 saturated carbocycles. The lowest BCUT2D eigenvalue weighted by Crippen LogP contribution is -2.23. The number of fused-ring (bicyclic) bond motifs is 2. The molecule has 96 valence electrons.